The second kappa shape index (κ2) is 7.60. The fraction of sp³-hybridized carbons (Fsp3) is 0.158. The first-order valence-corrected chi connectivity index (χ1v) is 7.99. The third-order valence-electron chi connectivity index (χ3n) is 3.93. The van der Waals surface area contributed by atoms with Gasteiger partial charge in [-0.3, -0.25) is 14.6 Å². The number of carbonyl (C=O) groups excluding carboxylic acids is 1. The topological polar surface area (TPSA) is 97.0 Å². The molecule has 2 N–H and O–H groups in total. The molecule has 3 aromatic rings. The third kappa shape index (κ3) is 3.77. The Morgan fingerprint density at radius 1 is 1.12 bits per heavy atom. The van der Waals surface area contributed by atoms with Crippen LogP contribution in [0.1, 0.15) is 33.4 Å². The highest BCUT2D eigenvalue weighted by Gasteiger charge is 2.20. The Kier molecular flexibility index (Phi) is 5.07. The lowest BCUT2D eigenvalue weighted by Crippen LogP contribution is -2.33. The van der Waals surface area contributed by atoms with Crippen molar-refractivity contribution in [3.05, 3.63) is 87.9 Å². The van der Waals surface area contributed by atoms with Crippen LogP contribution in [0, 0.1) is 6.92 Å². The predicted octanol–water partition coefficient (Wildman–Crippen LogP) is 2.00. The Labute approximate surface area is 150 Å². The number of aryl methyl sites for hydroxylation is 1. The summed E-state index contributed by atoms with van der Waals surface area (Å²) < 4.78 is 5.18. The molecule has 0 radical (unpaired) electrons. The number of amides is 1. The predicted molar refractivity (Wildman–Crippen MR) is 96.1 cm³/mol. The van der Waals surface area contributed by atoms with Gasteiger partial charge in [0.2, 0.25) is 0 Å². The van der Waals surface area contributed by atoms with E-state index in [9.17, 15) is 9.59 Å². The smallest absolute Gasteiger partial charge is 0.263 e. The van der Waals surface area contributed by atoms with Crippen LogP contribution in [-0.2, 0) is 0 Å². The molecule has 0 saturated heterocycles. The Hall–Kier alpha value is -3.48. The number of hydrogen-bond donors (Lipinski definition) is 2. The number of nitrogens with zero attached hydrogens (tertiary/aromatic N) is 2. The number of benzene rings is 1. The van der Waals surface area contributed by atoms with Crippen LogP contribution >= 0.6 is 0 Å². The lowest BCUT2D eigenvalue weighted by Gasteiger charge is -2.20. The molecule has 7 nitrogen and oxygen atoms in total. The van der Waals surface area contributed by atoms with E-state index < -0.39 is 17.5 Å². The first-order valence-electron chi connectivity index (χ1n) is 7.99. The van der Waals surface area contributed by atoms with Gasteiger partial charge in [0.15, 0.2) is 0 Å². The van der Waals surface area contributed by atoms with Crippen LogP contribution in [0.3, 0.4) is 0 Å². The summed E-state index contributed by atoms with van der Waals surface area (Å²) in [6.07, 6.45) is 4.58. The maximum Gasteiger partial charge on any atom is 0.263 e. The normalized spacial score (nSPS) is 11.6. The largest absolute Gasteiger partial charge is 0.497 e. The molecule has 1 atom stereocenters. The maximum absolute atomic E-state index is 12.6. The number of pyridine rings is 1. The molecule has 0 saturated carbocycles. The molecule has 0 spiro atoms. The number of rotatable bonds is 5. The molecule has 132 valence electrons. The maximum atomic E-state index is 12.6. The first-order chi connectivity index (χ1) is 12.6. The monoisotopic (exact) mass is 350 g/mol. The summed E-state index contributed by atoms with van der Waals surface area (Å²) in [4.78, 5) is 35.2. The zero-order chi connectivity index (χ0) is 18.5. The standard InChI is InChI=1S/C19H18N4O3/c1-12-21-11-16(18(24)22-12)19(25)23-17(14-7-9-20-10-8-14)13-3-5-15(26-2)6-4-13/h3-11,17H,1-2H3,(H,23,25)(H,21,22,24). The molecule has 7 heteroatoms. The van der Waals surface area contributed by atoms with Gasteiger partial charge in [0, 0.05) is 18.6 Å². The average Bonchev–Trinajstić information content (AvgIpc) is 2.67. The Bertz CT molecular complexity index is 953. The number of hydrogen-bond acceptors (Lipinski definition) is 5. The fourth-order valence-electron chi connectivity index (χ4n) is 2.57. The van der Waals surface area contributed by atoms with E-state index in [1.807, 2.05) is 36.4 Å². The van der Waals surface area contributed by atoms with Gasteiger partial charge in [0.1, 0.15) is 17.1 Å². The van der Waals surface area contributed by atoms with Crippen LogP contribution in [0.15, 0.2) is 59.8 Å². The van der Waals surface area contributed by atoms with Gasteiger partial charge in [-0.2, -0.15) is 0 Å². The van der Waals surface area contributed by atoms with Crippen LogP contribution in [0.4, 0.5) is 0 Å². The summed E-state index contributed by atoms with van der Waals surface area (Å²) in [6.45, 7) is 1.65. The molecule has 1 unspecified atom stereocenters. The molecular weight excluding hydrogens is 332 g/mol. The number of ether oxygens (including phenoxy) is 1. The van der Waals surface area contributed by atoms with Gasteiger partial charge < -0.3 is 15.0 Å². The van der Waals surface area contributed by atoms with Gasteiger partial charge in [-0.15, -0.1) is 0 Å². The van der Waals surface area contributed by atoms with Crippen LogP contribution in [0.25, 0.3) is 0 Å². The fourth-order valence-corrected chi connectivity index (χ4v) is 2.57. The van der Waals surface area contributed by atoms with Crippen molar-refractivity contribution in [2.24, 2.45) is 0 Å². The van der Waals surface area contributed by atoms with Gasteiger partial charge >= 0.3 is 0 Å². The van der Waals surface area contributed by atoms with E-state index in [1.165, 1.54) is 6.20 Å². The first kappa shape index (κ1) is 17.3. The zero-order valence-electron chi connectivity index (χ0n) is 14.4. The summed E-state index contributed by atoms with van der Waals surface area (Å²) in [5.41, 5.74) is 1.18. The summed E-state index contributed by atoms with van der Waals surface area (Å²) >= 11 is 0. The lowest BCUT2D eigenvalue weighted by atomic mass is 9.99. The quantitative estimate of drug-likeness (QED) is 0.733. The summed E-state index contributed by atoms with van der Waals surface area (Å²) in [5, 5.41) is 2.90. The number of nitrogens with one attached hydrogen (secondary N) is 2. The number of carbonyl (C=O) groups is 1. The van der Waals surface area contributed by atoms with E-state index in [-0.39, 0.29) is 5.56 Å². The van der Waals surface area contributed by atoms with Gasteiger partial charge in [0.05, 0.1) is 13.2 Å². The molecule has 1 aromatic carbocycles. The van der Waals surface area contributed by atoms with Crippen molar-refractivity contribution in [1.29, 1.82) is 0 Å². The minimum absolute atomic E-state index is 0.0387. The van der Waals surface area contributed by atoms with Gasteiger partial charge in [-0.05, 0) is 42.3 Å². The minimum Gasteiger partial charge on any atom is -0.497 e. The van der Waals surface area contributed by atoms with Crippen LogP contribution in [0.5, 0.6) is 5.75 Å². The Morgan fingerprint density at radius 2 is 1.77 bits per heavy atom. The van der Waals surface area contributed by atoms with E-state index >= 15 is 0 Å². The van der Waals surface area contributed by atoms with E-state index in [1.54, 1.807) is 26.4 Å². The van der Waals surface area contributed by atoms with Crippen molar-refractivity contribution in [3.8, 4) is 5.75 Å². The van der Waals surface area contributed by atoms with Crippen molar-refractivity contribution in [3.63, 3.8) is 0 Å². The number of aromatic amines is 1. The van der Waals surface area contributed by atoms with E-state index in [0.717, 1.165) is 11.1 Å². The average molecular weight is 350 g/mol. The second-order valence-electron chi connectivity index (χ2n) is 5.67. The molecular formula is C19H18N4O3. The summed E-state index contributed by atoms with van der Waals surface area (Å²) in [7, 11) is 1.59. The summed E-state index contributed by atoms with van der Waals surface area (Å²) in [5.74, 6) is 0.663. The van der Waals surface area contributed by atoms with Crippen molar-refractivity contribution < 1.29 is 9.53 Å². The van der Waals surface area contributed by atoms with Crippen molar-refractivity contribution in [2.75, 3.05) is 7.11 Å². The van der Waals surface area contributed by atoms with Crippen molar-refractivity contribution >= 4 is 5.91 Å². The van der Waals surface area contributed by atoms with Crippen LogP contribution in [-0.4, -0.2) is 28.0 Å². The molecule has 26 heavy (non-hydrogen) atoms. The van der Waals surface area contributed by atoms with Gasteiger partial charge in [-0.25, -0.2) is 4.98 Å². The number of aromatic nitrogens is 3. The lowest BCUT2D eigenvalue weighted by molar-refractivity contribution is 0.0941. The molecule has 2 heterocycles. The van der Waals surface area contributed by atoms with Crippen LogP contribution < -0.4 is 15.6 Å². The van der Waals surface area contributed by atoms with Gasteiger partial charge in [0.25, 0.3) is 11.5 Å². The Balaban J connectivity index is 1.95. The second-order valence-corrected chi connectivity index (χ2v) is 5.67. The molecule has 0 aliphatic rings. The third-order valence-corrected chi connectivity index (χ3v) is 3.93. The minimum atomic E-state index is -0.503. The van der Waals surface area contributed by atoms with E-state index in [2.05, 4.69) is 20.3 Å². The summed E-state index contributed by atoms with van der Waals surface area (Å²) in [6, 6.07) is 10.5. The highest BCUT2D eigenvalue weighted by Crippen LogP contribution is 2.24. The SMILES string of the molecule is COc1ccc(C(NC(=O)c2cnc(C)[nH]c2=O)c2ccncc2)cc1. The van der Waals surface area contributed by atoms with E-state index in [0.29, 0.717) is 11.6 Å². The van der Waals surface area contributed by atoms with Crippen molar-refractivity contribution in [1.82, 2.24) is 20.3 Å². The number of methoxy groups -OCH3 is 1. The number of H-pyrrole nitrogens is 1. The molecule has 3 rings (SSSR count). The Morgan fingerprint density at radius 3 is 2.38 bits per heavy atom. The molecule has 1 amide bonds. The van der Waals surface area contributed by atoms with Crippen LogP contribution in [0.2, 0.25) is 0 Å². The zero-order valence-corrected chi connectivity index (χ0v) is 14.4. The highest BCUT2D eigenvalue weighted by atomic mass is 16.5. The highest BCUT2D eigenvalue weighted by molar-refractivity contribution is 5.94. The molecule has 0 fully saturated rings. The molecule has 2 aromatic heterocycles. The van der Waals surface area contributed by atoms with Gasteiger partial charge in [-0.1, -0.05) is 12.1 Å². The molecule has 0 aliphatic heterocycles. The molecule has 0 bridgehead atoms. The van der Waals surface area contributed by atoms with E-state index in [4.69, 9.17) is 4.74 Å². The molecule has 0 aliphatic carbocycles. The van der Waals surface area contributed by atoms with Crippen molar-refractivity contribution in [2.45, 2.75) is 13.0 Å².